The molecule has 0 aromatic heterocycles. The molecule has 0 unspecified atom stereocenters. The zero-order valence-corrected chi connectivity index (χ0v) is 21.5. The summed E-state index contributed by atoms with van der Waals surface area (Å²) in [7, 11) is -3.23. The van der Waals surface area contributed by atoms with Crippen molar-refractivity contribution in [1.82, 2.24) is 5.32 Å². The topological polar surface area (TPSA) is 75.6 Å². The number of aliphatic hydroxyl groups is 1. The summed E-state index contributed by atoms with van der Waals surface area (Å²) in [6.07, 6.45) is 0.789. The van der Waals surface area contributed by atoms with Crippen LogP contribution < -0.4 is 5.32 Å². The summed E-state index contributed by atoms with van der Waals surface area (Å²) in [5.41, 5.74) is 4.46. The van der Waals surface area contributed by atoms with Crippen LogP contribution in [0.3, 0.4) is 0 Å². The first-order valence-electron chi connectivity index (χ1n) is 11.6. The Bertz CT molecular complexity index is 980. The van der Waals surface area contributed by atoms with Crippen LogP contribution in [0.5, 0.6) is 0 Å². The Hall–Kier alpha value is -1.44. The normalized spacial score (nSPS) is 22.2. The Morgan fingerprint density at radius 3 is 2.48 bits per heavy atom. The molecule has 3 rings (SSSR count). The third kappa shape index (κ3) is 8.37. The molecular formula is C26H38ClNO4S. The van der Waals surface area contributed by atoms with Crippen molar-refractivity contribution in [2.75, 3.05) is 18.1 Å². The van der Waals surface area contributed by atoms with E-state index in [0.29, 0.717) is 25.5 Å². The standard InChI is InChI=1S/C26H37NO4S.ClH/c1-4-11-31-16-22-9-5-7-20(12-22)13-24-17-32(29,30)18-25(26(24)28)27-15-21-8-6-10-23(14-21)19(2)3;/h5-10,12,14,19,24-28H,4,11,13,15-18H2,1-3H3;1H/t24-,25+,26+;/m1./s1. The lowest BCUT2D eigenvalue weighted by Gasteiger charge is -2.35. The van der Waals surface area contributed by atoms with Gasteiger partial charge in [-0.15, -0.1) is 12.4 Å². The van der Waals surface area contributed by atoms with Gasteiger partial charge in [-0.1, -0.05) is 69.3 Å². The smallest absolute Gasteiger partial charge is 0.152 e. The van der Waals surface area contributed by atoms with Crippen LogP contribution in [0.1, 0.15) is 55.4 Å². The minimum Gasteiger partial charge on any atom is -0.391 e. The number of rotatable bonds is 10. The molecule has 0 bridgehead atoms. The van der Waals surface area contributed by atoms with Gasteiger partial charge in [0.15, 0.2) is 9.84 Å². The maximum atomic E-state index is 12.6. The summed E-state index contributed by atoms with van der Waals surface area (Å²) in [5.74, 6) is 0.0914. The average Bonchev–Trinajstić information content (AvgIpc) is 2.75. The van der Waals surface area contributed by atoms with E-state index < -0.39 is 22.0 Å². The highest BCUT2D eigenvalue weighted by Gasteiger charge is 2.39. The number of nitrogens with one attached hydrogen (secondary N) is 1. The zero-order chi connectivity index (χ0) is 23.1. The van der Waals surface area contributed by atoms with E-state index in [1.807, 2.05) is 30.3 Å². The van der Waals surface area contributed by atoms with Crippen molar-refractivity contribution in [2.45, 2.75) is 64.8 Å². The van der Waals surface area contributed by atoms with Gasteiger partial charge in [-0.25, -0.2) is 8.42 Å². The zero-order valence-electron chi connectivity index (χ0n) is 19.9. The second kappa shape index (κ2) is 12.9. The number of hydrogen-bond acceptors (Lipinski definition) is 5. The molecule has 0 aliphatic carbocycles. The van der Waals surface area contributed by atoms with Gasteiger partial charge in [0.05, 0.1) is 24.2 Å². The molecule has 1 heterocycles. The molecule has 1 fully saturated rings. The molecule has 184 valence electrons. The highest BCUT2D eigenvalue weighted by Crippen LogP contribution is 2.25. The van der Waals surface area contributed by atoms with E-state index >= 15 is 0 Å². The summed E-state index contributed by atoms with van der Waals surface area (Å²) in [5, 5.41) is 14.4. The van der Waals surface area contributed by atoms with Crippen LogP contribution in [0, 0.1) is 5.92 Å². The molecule has 1 aliphatic heterocycles. The molecule has 0 saturated carbocycles. The molecule has 1 saturated heterocycles. The lowest BCUT2D eigenvalue weighted by atomic mass is 9.90. The number of sulfone groups is 1. The van der Waals surface area contributed by atoms with Crippen LogP contribution in [0.15, 0.2) is 48.5 Å². The average molecular weight is 496 g/mol. The number of halogens is 1. The maximum Gasteiger partial charge on any atom is 0.152 e. The van der Waals surface area contributed by atoms with Gasteiger partial charge in [0.1, 0.15) is 0 Å². The van der Waals surface area contributed by atoms with Gasteiger partial charge in [0.25, 0.3) is 0 Å². The van der Waals surface area contributed by atoms with Crippen molar-refractivity contribution in [3.63, 3.8) is 0 Å². The van der Waals surface area contributed by atoms with Crippen LogP contribution in [0.2, 0.25) is 0 Å². The van der Waals surface area contributed by atoms with Crippen molar-refractivity contribution >= 4 is 22.2 Å². The van der Waals surface area contributed by atoms with Gasteiger partial charge in [-0.2, -0.15) is 0 Å². The molecule has 2 aromatic carbocycles. The van der Waals surface area contributed by atoms with Crippen LogP contribution in [0.25, 0.3) is 0 Å². The molecule has 7 heteroatoms. The van der Waals surface area contributed by atoms with Gasteiger partial charge in [-0.05, 0) is 41.0 Å². The van der Waals surface area contributed by atoms with Gasteiger partial charge in [-0.3, -0.25) is 0 Å². The van der Waals surface area contributed by atoms with E-state index in [2.05, 4.69) is 44.3 Å². The maximum absolute atomic E-state index is 12.6. The van der Waals surface area contributed by atoms with Crippen LogP contribution in [0.4, 0.5) is 0 Å². The van der Waals surface area contributed by atoms with Crippen molar-refractivity contribution in [1.29, 1.82) is 0 Å². The van der Waals surface area contributed by atoms with Crippen LogP contribution >= 0.6 is 12.4 Å². The Labute approximate surface area is 205 Å². The molecule has 5 nitrogen and oxygen atoms in total. The Morgan fingerprint density at radius 1 is 1.06 bits per heavy atom. The highest BCUT2D eigenvalue weighted by molar-refractivity contribution is 7.91. The quantitative estimate of drug-likeness (QED) is 0.481. The molecule has 3 atom stereocenters. The molecule has 0 amide bonds. The first kappa shape index (κ1) is 27.8. The lowest BCUT2D eigenvalue weighted by molar-refractivity contribution is 0.0780. The molecule has 33 heavy (non-hydrogen) atoms. The van der Waals surface area contributed by atoms with E-state index in [0.717, 1.165) is 29.7 Å². The molecule has 2 N–H and O–H groups in total. The van der Waals surface area contributed by atoms with Crippen molar-refractivity contribution in [3.05, 3.63) is 70.8 Å². The Morgan fingerprint density at radius 2 is 1.76 bits per heavy atom. The monoisotopic (exact) mass is 495 g/mol. The molecule has 2 aromatic rings. The largest absolute Gasteiger partial charge is 0.391 e. The molecule has 0 spiro atoms. The summed E-state index contributed by atoms with van der Waals surface area (Å²) >= 11 is 0. The Kier molecular flexibility index (Phi) is 10.8. The van der Waals surface area contributed by atoms with Crippen molar-refractivity contribution < 1.29 is 18.3 Å². The third-order valence-corrected chi connectivity index (χ3v) is 7.89. The second-order valence-electron chi connectivity index (χ2n) is 9.29. The number of ether oxygens (including phenoxy) is 1. The second-order valence-corrected chi connectivity index (χ2v) is 11.4. The van der Waals surface area contributed by atoms with Crippen molar-refractivity contribution in [3.8, 4) is 0 Å². The first-order valence-corrected chi connectivity index (χ1v) is 13.5. The first-order chi connectivity index (χ1) is 15.3. The summed E-state index contributed by atoms with van der Waals surface area (Å²) in [6, 6.07) is 15.9. The van der Waals surface area contributed by atoms with E-state index in [1.54, 1.807) is 0 Å². The van der Waals surface area contributed by atoms with Crippen LogP contribution in [-0.2, 0) is 34.1 Å². The van der Waals surface area contributed by atoms with Gasteiger partial charge in [0, 0.05) is 25.1 Å². The van der Waals surface area contributed by atoms with Gasteiger partial charge >= 0.3 is 0 Å². The fourth-order valence-corrected chi connectivity index (χ4v) is 6.31. The van der Waals surface area contributed by atoms with E-state index in [4.69, 9.17) is 4.74 Å². The highest BCUT2D eigenvalue weighted by atomic mass is 35.5. The van der Waals surface area contributed by atoms with E-state index in [1.165, 1.54) is 5.56 Å². The minimum atomic E-state index is -3.23. The summed E-state index contributed by atoms with van der Waals surface area (Å²) in [6.45, 7) is 8.19. The minimum absolute atomic E-state index is 0. The summed E-state index contributed by atoms with van der Waals surface area (Å²) < 4.78 is 30.9. The lowest BCUT2D eigenvalue weighted by Crippen LogP contribution is -2.54. The van der Waals surface area contributed by atoms with Gasteiger partial charge in [0.2, 0.25) is 0 Å². The predicted octanol–water partition coefficient (Wildman–Crippen LogP) is 4.26. The predicted molar refractivity (Wildman–Crippen MR) is 137 cm³/mol. The van der Waals surface area contributed by atoms with Crippen LogP contribution in [-0.4, -0.2) is 43.8 Å². The third-order valence-electron chi connectivity index (χ3n) is 6.09. The Balaban J connectivity index is 0.00000385. The number of hydrogen-bond donors (Lipinski definition) is 2. The summed E-state index contributed by atoms with van der Waals surface area (Å²) in [4.78, 5) is 0. The fourth-order valence-electron chi connectivity index (χ4n) is 4.35. The fraction of sp³-hybridized carbons (Fsp3) is 0.538. The molecule has 0 radical (unpaired) electrons. The number of benzene rings is 2. The van der Waals surface area contributed by atoms with E-state index in [9.17, 15) is 13.5 Å². The van der Waals surface area contributed by atoms with Crippen molar-refractivity contribution in [2.24, 2.45) is 5.92 Å². The molecular weight excluding hydrogens is 458 g/mol. The molecule has 1 aliphatic rings. The van der Waals surface area contributed by atoms with E-state index in [-0.39, 0.29) is 29.8 Å². The number of aliphatic hydroxyl groups excluding tert-OH is 1. The van der Waals surface area contributed by atoms with Gasteiger partial charge < -0.3 is 15.2 Å². The SMILES string of the molecule is CCCOCc1cccc(C[C@@H]2CS(=O)(=O)C[C@H](NCc3cccc(C(C)C)c3)[C@H]2O)c1.Cl.